The van der Waals surface area contributed by atoms with Crippen molar-refractivity contribution in [3.63, 3.8) is 0 Å². The van der Waals surface area contributed by atoms with Crippen molar-refractivity contribution in [1.82, 2.24) is 0 Å². The maximum absolute atomic E-state index is 8.98. The Kier molecular flexibility index (Phi) is 44.9. The van der Waals surface area contributed by atoms with Gasteiger partial charge in [0.1, 0.15) is 0 Å². The van der Waals surface area contributed by atoms with E-state index in [1.807, 2.05) is 0 Å². The summed E-state index contributed by atoms with van der Waals surface area (Å²) < 4.78 is 0. The molecule has 0 aliphatic carbocycles. The summed E-state index contributed by atoms with van der Waals surface area (Å²) in [6, 6.07) is 0. The van der Waals surface area contributed by atoms with Crippen molar-refractivity contribution in [1.29, 1.82) is 5.26 Å². The molecule has 3 nitrogen and oxygen atoms in total. The molecule has 0 saturated heterocycles. The molecule has 0 aromatic heterocycles. The third-order valence-corrected chi connectivity index (χ3v) is 0.105. The first-order chi connectivity index (χ1) is 2.27. The summed E-state index contributed by atoms with van der Waals surface area (Å²) >= 11 is 0. The van der Waals surface area contributed by atoms with Crippen LogP contribution >= 0.6 is 0 Å². The standard InChI is InChI=1S/CBNO2.ClH.Na.Zn/c3-1-2(4)5;;;/h;1H;;/q-2;;+1;+2/p-1. The van der Waals surface area contributed by atoms with Gasteiger partial charge in [-0.3, -0.25) is 0 Å². The minimum atomic E-state index is -2.31. The molecule has 0 unspecified atom stereocenters. The maximum atomic E-state index is 8.98. The Hall–Kier alpha value is 1.39. The molecule has 0 fully saturated rings. The molecule has 0 rings (SSSR count). The van der Waals surface area contributed by atoms with Gasteiger partial charge >= 0.3 is 49.0 Å². The number of rotatable bonds is 0. The molecule has 7 heteroatoms. The van der Waals surface area contributed by atoms with E-state index in [9.17, 15) is 0 Å². The molecule has 34 valence electrons. The summed E-state index contributed by atoms with van der Waals surface area (Å²) in [6.45, 7) is 0. The number of halogens is 1. The predicted octanol–water partition coefficient (Wildman–Crippen LogP) is -8.74. The topological polar surface area (TPSA) is 69.9 Å². The van der Waals surface area contributed by atoms with Crippen LogP contribution in [0.1, 0.15) is 0 Å². The summed E-state index contributed by atoms with van der Waals surface area (Å²) in [5.41, 5.74) is 0. The van der Waals surface area contributed by atoms with Gasteiger partial charge < -0.3 is 22.5 Å². The smallest absolute Gasteiger partial charge is 1.00 e. The molecular weight excluding hydrogens is 193 g/mol. The fourth-order valence-corrected chi connectivity index (χ4v) is 0. The molecule has 0 aliphatic heterocycles. The molecule has 0 amide bonds. The molecule has 0 radical (unpaired) electrons. The Labute approximate surface area is 89.1 Å². The molecular formula is CBClNNaO2Zn. The summed E-state index contributed by atoms with van der Waals surface area (Å²) in [5, 5.41) is 25.2. The maximum Gasteiger partial charge on any atom is 2.00 e. The fraction of sp³-hybridized carbons (Fsp3) is 0. The third kappa shape index (κ3) is 26.3. The molecule has 0 aromatic rings. The second-order valence-electron chi connectivity index (χ2n) is 0.461. The molecule has 0 atom stereocenters. The van der Waals surface area contributed by atoms with Crippen LogP contribution in [-0.4, -0.2) is 7.12 Å². The number of hydrogen-bond acceptors (Lipinski definition) is 3. The normalized spacial score (nSPS) is 3.62. The minimum absolute atomic E-state index is 0. The van der Waals surface area contributed by atoms with E-state index in [4.69, 9.17) is 15.3 Å². The molecule has 8 heavy (non-hydrogen) atoms. The van der Waals surface area contributed by atoms with Crippen molar-refractivity contribution < 1.29 is 71.5 Å². The third-order valence-electron chi connectivity index (χ3n) is 0.105. The number of nitriles is 1. The van der Waals surface area contributed by atoms with Gasteiger partial charge in [-0.15, -0.1) is 0 Å². The average molecular weight is 193 g/mol. The van der Waals surface area contributed by atoms with Crippen molar-refractivity contribution >= 4 is 7.12 Å². The number of nitrogens with zero attached hydrogens (tertiary/aromatic N) is 1. The molecule has 0 saturated carbocycles. The van der Waals surface area contributed by atoms with Crippen molar-refractivity contribution in [3.8, 4) is 5.97 Å². The molecule has 0 aromatic carbocycles. The molecule has 0 heterocycles. The number of hydrogen-bond donors (Lipinski definition) is 0. The van der Waals surface area contributed by atoms with Crippen LogP contribution in [0.25, 0.3) is 0 Å². The van der Waals surface area contributed by atoms with E-state index in [0.717, 1.165) is 5.97 Å². The Balaban J connectivity index is -0.0000000267. The molecule has 0 spiro atoms. The van der Waals surface area contributed by atoms with Crippen LogP contribution in [0, 0.1) is 11.2 Å². The second-order valence-corrected chi connectivity index (χ2v) is 0.461. The minimum Gasteiger partial charge on any atom is -1.00 e. The Morgan fingerprint density at radius 2 is 1.50 bits per heavy atom. The zero-order valence-electron chi connectivity index (χ0n) is 4.43. The van der Waals surface area contributed by atoms with Gasteiger partial charge in [-0.1, -0.05) is 0 Å². The van der Waals surface area contributed by atoms with Crippen LogP contribution in [0.2, 0.25) is 0 Å². The Morgan fingerprint density at radius 3 is 1.50 bits per heavy atom. The molecule has 0 aliphatic rings. The van der Waals surface area contributed by atoms with Crippen molar-refractivity contribution in [2.45, 2.75) is 0 Å². The van der Waals surface area contributed by atoms with Gasteiger partial charge in [0.15, 0.2) is 0 Å². The summed E-state index contributed by atoms with van der Waals surface area (Å²) in [6.07, 6.45) is 0. The van der Waals surface area contributed by atoms with Crippen LogP contribution in [0.5, 0.6) is 0 Å². The summed E-state index contributed by atoms with van der Waals surface area (Å²) in [4.78, 5) is 0. The van der Waals surface area contributed by atoms with Crippen molar-refractivity contribution in [2.75, 3.05) is 0 Å². The van der Waals surface area contributed by atoms with Crippen molar-refractivity contribution in [3.05, 3.63) is 0 Å². The predicted molar refractivity (Wildman–Crippen MR) is 11.4 cm³/mol. The second kappa shape index (κ2) is 15.8. The van der Waals surface area contributed by atoms with Crippen LogP contribution in [0.4, 0.5) is 0 Å². The van der Waals surface area contributed by atoms with Gasteiger partial charge in [0, 0.05) is 7.12 Å². The average Bonchev–Trinajstić information content (AvgIpc) is 1.38. The van der Waals surface area contributed by atoms with E-state index < -0.39 is 7.12 Å². The first kappa shape index (κ1) is 22.8. The summed E-state index contributed by atoms with van der Waals surface area (Å²) in [5.74, 6) is 0.917. The van der Waals surface area contributed by atoms with Gasteiger partial charge in [0.2, 0.25) is 0 Å². The van der Waals surface area contributed by atoms with E-state index in [-0.39, 0.29) is 61.4 Å². The Morgan fingerprint density at radius 1 is 1.38 bits per heavy atom. The quantitative estimate of drug-likeness (QED) is 0.358. The monoisotopic (exact) mass is 191 g/mol. The van der Waals surface area contributed by atoms with Gasteiger partial charge in [-0.2, -0.15) is 0 Å². The van der Waals surface area contributed by atoms with Gasteiger partial charge in [0.25, 0.3) is 0 Å². The Bertz CT molecular complexity index is 67.5. The van der Waals surface area contributed by atoms with Gasteiger partial charge in [-0.25, -0.2) is 5.26 Å². The van der Waals surface area contributed by atoms with Crippen LogP contribution in [0.3, 0.4) is 0 Å². The van der Waals surface area contributed by atoms with E-state index in [1.165, 1.54) is 0 Å². The van der Waals surface area contributed by atoms with Crippen molar-refractivity contribution in [2.24, 2.45) is 0 Å². The first-order valence-corrected chi connectivity index (χ1v) is 0.984. The summed E-state index contributed by atoms with van der Waals surface area (Å²) in [7, 11) is -2.31. The van der Waals surface area contributed by atoms with Gasteiger partial charge in [0.05, 0.1) is 0 Å². The van der Waals surface area contributed by atoms with E-state index in [1.54, 1.807) is 0 Å². The van der Waals surface area contributed by atoms with Crippen LogP contribution < -0.4 is 52.0 Å². The van der Waals surface area contributed by atoms with E-state index >= 15 is 0 Å². The fourth-order valence-electron chi connectivity index (χ4n) is 0. The molecule has 0 N–H and O–H groups in total. The molecule has 0 bridgehead atoms. The van der Waals surface area contributed by atoms with Crippen LogP contribution in [-0.2, 0) is 19.5 Å². The van der Waals surface area contributed by atoms with Crippen LogP contribution in [0.15, 0.2) is 0 Å². The first-order valence-electron chi connectivity index (χ1n) is 0.984. The largest absolute Gasteiger partial charge is 2.00 e. The zero-order chi connectivity index (χ0) is 4.28. The van der Waals surface area contributed by atoms with E-state index in [0.29, 0.717) is 0 Å². The van der Waals surface area contributed by atoms with E-state index in [2.05, 4.69) is 0 Å². The SMILES string of the molecule is N#CB([O-])[O-].[Cl-].[Na+].[Zn+2]. The van der Waals surface area contributed by atoms with Gasteiger partial charge in [-0.05, 0) is 5.97 Å². The zero-order valence-corrected chi connectivity index (χ0v) is 10.1.